The van der Waals surface area contributed by atoms with Gasteiger partial charge in [0.05, 0.1) is 18.7 Å². The Hall–Kier alpha value is -2.72. The van der Waals surface area contributed by atoms with E-state index in [1.165, 1.54) is 12.2 Å². The molecule has 0 spiro atoms. The number of guanidine groups is 1. The normalized spacial score (nSPS) is 26.6. The number of primary amides is 1. The van der Waals surface area contributed by atoms with Crippen molar-refractivity contribution in [3.8, 4) is 0 Å². The number of fused-ring (bicyclic) bond motifs is 1. The summed E-state index contributed by atoms with van der Waals surface area (Å²) in [5, 5.41) is 3.95. The predicted octanol–water partition coefficient (Wildman–Crippen LogP) is -3.91. The molecule has 158 valence electrons. The molecule has 2 unspecified atom stereocenters. The van der Waals surface area contributed by atoms with E-state index in [4.69, 9.17) is 4.74 Å². The summed E-state index contributed by atoms with van der Waals surface area (Å²) in [6.07, 6.45) is 0.811. The molecule has 3 aliphatic heterocycles. The van der Waals surface area contributed by atoms with Gasteiger partial charge in [-0.1, -0.05) is 30.3 Å². The average molecular weight is 476 g/mol. The topological polar surface area (TPSA) is 108 Å². The second-order valence-electron chi connectivity index (χ2n) is 8.04. The summed E-state index contributed by atoms with van der Waals surface area (Å²) < 4.78 is 5.22. The minimum Gasteiger partial charge on any atom is -1.00 e. The van der Waals surface area contributed by atoms with Gasteiger partial charge in [0, 0.05) is 25.9 Å². The van der Waals surface area contributed by atoms with Gasteiger partial charge in [0.1, 0.15) is 0 Å². The summed E-state index contributed by atoms with van der Waals surface area (Å²) in [6, 6.07) is 9.89. The number of carbonyl (C=O) groups excluding carboxylic acids is 3. The van der Waals surface area contributed by atoms with Crippen LogP contribution in [0.2, 0.25) is 0 Å². The zero-order chi connectivity index (χ0) is 20.2. The van der Waals surface area contributed by atoms with Crippen molar-refractivity contribution in [3.05, 3.63) is 47.4 Å². The van der Waals surface area contributed by atoms with Crippen LogP contribution >= 0.6 is 0 Å². The third-order valence-electron chi connectivity index (χ3n) is 5.94. The van der Waals surface area contributed by atoms with Gasteiger partial charge in [0.15, 0.2) is 11.5 Å². The van der Waals surface area contributed by atoms with Crippen LogP contribution in [0.25, 0.3) is 0 Å². The van der Waals surface area contributed by atoms with Gasteiger partial charge in [-0.3, -0.25) is 14.9 Å². The van der Waals surface area contributed by atoms with Crippen molar-refractivity contribution in [2.24, 2.45) is 16.3 Å². The van der Waals surface area contributed by atoms with E-state index >= 15 is 0 Å². The fraction of sp³-hybridized carbons (Fsp3) is 0.400. The molecule has 2 amide bonds. The first-order valence-corrected chi connectivity index (χ1v) is 9.67. The number of amides is 2. The Labute approximate surface area is 183 Å². The number of benzene rings is 1. The minimum absolute atomic E-state index is 0. The highest BCUT2D eigenvalue weighted by Crippen LogP contribution is 2.58. The Morgan fingerprint density at radius 1 is 1.30 bits per heavy atom. The maximum Gasteiger partial charge on any atom is 0.370 e. The number of ether oxygens (including phenoxy) is 1. The summed E-state index contributed by atoms with van der Waals surface area (Å²) in [6.45, 7) is 3.32. The highest BCUT2D eigenvalue weighted by Gasteiger charge is 2.67. The van der Waals surface area contributed by atoms with Crippen LogP contribution in [0.1, 0.15) is 18.9 Å². The van der Waals surface area contributed by atoms with E-state index in [0.29, 0.717) is 37.9 Å². The van der Waals surface area contributed by atoms with E-state index in [-0.39, 0.29) is 46.6 Å². The number of nitrogens with two attached hydrogens (primary N) is 1. The highest BCUT2D eigenvalue weighted by molar-refractivity contribution is 6.00. The number of carbonyl (C=O) groups is 3. The van der Waals surface area contributed by atoms with Gasteiger partial charge >= 0.3 is 17.8 Å². The first-order chi connectivity index (χ1) is 14.0. The molecule has 5 rings (SSSR count). The number of nitrogens with one attached hydrogen (secondary N) is 1. The molecule has 2 atom stereocenters. The molecule has 0 bridgehead atoms. The molecular weight excluding hydrogens is 454 g/mol. The van der Waals surface area contributed by atoms with Crippen molar-refractivity contribution in [2.45, 2.75) is 19.9 Å². The Balaban J connectivity index is 0.00000218. The number of nitrogens with zero attached hydrogens (tertiary/aromatic N) is 3. The van der Waals surface area contributed by atoms with E-state index in [1.807, 2.05) is 40.1 Å². The summed E-state index contributed by atoms with van der Waals surface area (Å²) in [5.74, 6) is 0.333. The van der Waals surface area contributed by atoms with Crippen molar-refractivity contribution in [1.29, 1.82) is 0 Å². The van der Waals surface area contributed by atoms with Crippen molar-refractivity contribution < 1.29 is 41.4 Å². The molecule has 3 N–H and O–H groups in total. The summed E-state index contributed by atoms with van der Waals surface area (Å²) >= 11 is 0. The Bertz CT molecular complexity index is 979. The molecule has 0 aromatic heterocycles. The third-order valence-corrected chi connectivity index (χ3v) is 5.94. The van der Waals surface area contributed by atoms with Crippen molar-refractivity contribution >= 4 is 23.7 Å². The smallest absolute Gasteiger partial charge is 0.370 e. The number of rotatable bonds is 4. The van der Waals surface area contributed by atoms with Crippen molar-refractivity contribution in [1.82, 2.24) is 15.1 Å². The number of cyclic esters (lactones) is 1. The zero-order valence-electron chi connectivity index (χ0n) is 16.4. The molecule has 2 fully saturated rings. The zero-order valence-corrected chi connectivity index (χ0v) is 18.0. The van der Waals surface area contributed by atoms with Crippen LogP contribution in [0, 0.1) is 11.3 Å². The number of hydrogen-bond acceptors (Lipinski definition) is 7. The first kappa shape index (κ1) is 20.5. The maximum atomic E-state index is 12.9. The molecule has 9 nitrogen and oxygen atoms in total. The second-order valence-corrected chi connectivity index (χ2v) is 8.04. The molecule has 1 aromatic carbocycles. The lowest BCUT2D eigenvalue weighted by atomic mass is 10.1. The Kier molecular flexibility index (Phi) is 5.15. The molecule has 1 aromatic rings. The molecule has 3 heterocycles. The molecule has 1 saturated carbocycles. The van der Waals surface area contributed by atoms with Gasteiger partial charge in [0.2, 0.25) is 5.91 Å². The molecule has 30 heavy (non-hydrogen) atoms. The third kappa shape index (κ3) is 3.39. The quantitative estimate of drug-likeness (QED) is 0.431. The largest absolute Gasteiger partial charge is 1.00 e. The van der Waals surface area contributed by atoms with Gasteiger partial charge in [0.25, 0.3) is 0 Å². The Morgan fingerprint density at radius 2 is 2.07 bits per heavy atom. The summed E-state index contributed by atoms with van der Waals surface area (Å²) in [5.41, 5.74) is 1.09. The number of aliphatic imine (C=N–C) groups is 1. The molecule has 0 radical (unpaired) electrons. The van der Waals surface area contributed by atoms with Crippen LogP contribution in [0.4, 0.5) is 0 Å². The van der Waals surface area contributed by atoms with Crippen LogP contribution in [0.5, 0.6) is 0 Å². The van der Waals surface area contributed by atoms with E-state index < -0.39 is 5.41 Å². The second kappa shape index (κ2) is 7.51. The standard InChI is InChI=1S/C20H21N5O4.BrH/c1-12(26)21-19-22-16-15(17(27)23-19)24(8-13-5-3-2-4-6-13)11-25(16)10-20-7-14(20)9-29-18(20)28;/h2-6,14H,7-11H2,1H3,(H2,21,22,23,26,27);1H. The lowest BCUT2D eigenvalue weighted by Crippen LogP contribution is -3.00. The van der Waals surface area contributed by atoms with Crippen molar-refractivity contribution in [2.75, 3.05) is 19.8 Å². The van der Waals surface area contributed by atoms with Crippen LogP contribution in [-0.4, -0.2) is 53.4 Å². The fourth-order valence-corrected chi connectivity index (χ4v) is 4.43. The SMILES string of the molecule is CC(=O)NC1=NC2=C(C(=O)[NH2+]1)N(Cc1ccccc1)CN2CC12CC1COC2=O.[Br-]. The molecule has 4 aliphatic rings. The van der Waals surface area contributed by atoms with Gasteiger partial charge in [-0.05, 0) is 12.0 Å². The van der Waals surface area contributed by atoms with E-state index in [9.17, 15) is 14.4 Å². The maximum absolute atomic E-state index is 12.9. The van der Waals surface area contributed by atoms with Crippen LogP contribution in [0.15, 0.2) is 46.8 Å². The van der Waals surface area contributed by atoms with Crippen LogP contribution in [-0.2, 0) is 25.7 Å². The first-order valence-electron chi connectivity index (χ1n) is 9.67. The average Bonchev–Trinajstić information content (AvgIpc) is 3.16. The monoisotopic (exact) mass is 475 g/mol. The van der Waals surface area contributed by atoms with Gasteiger partial charge in [-0.2, -0.15) is 4.99 Å². The summed E-state index contributed by atoms with van der Waals surface area (Å²) in [4.78, 5) is 45.1. The van der Waals surface area contributed by atoms with E-state index in [1.54, 1.807) is 0 Å². The van der Waals surface area contributed by atoms with Gasteiger partial charge < -0.3 is 31.5 Å². The molecule has 1 aliphatic carbocycles. The lowest BCUT2D eigenvalue weighted by Gasteiger charge is -2.24. The predicted molar refractivity (Wildman–Crippen MR) is 100 cm³/mol. The van der Waals surface area contributed by atoms with Gasteiger partial charge in [-0.15, -0.1) is 0 Å². The fourth-order valence-electron chi connectivity index (χ4n) is 4.43. The number of esters is 1. The number of hydrogen-bond donors (Lipinski definition) is 2. The van der Waals surface area contributed by atoms with Crippen LogP contribution < -0.4 is 27.6 Å². The number of quaternary nitrogens is 1. The number of halogens is 1. The Morgan fingerprint density at radius 3 is 2.70 bits per heavy atom. The van der Waals surface area contributed by atoms with E-state index in [0.717, 1.165) is 12.0 Å². The molecule has 10 heteroatoms. The highest BCUT2D eigenvalue weighted by atomic mass is 79.9. The van der Waals surface area contributed by atoms with Gasteiger partial charge in [-0.25, -0.2) is 10.1 Å². The van der Waals surface area contributed by atoms with Crippen molar-refractivity contribution in [3.63, 3.8) is 0 Å². The molecule has 1 saturated heterocycles. The van der Waals surface area contributed by atoms with E-state index in [2.05, 4.69) is 10.3 Å². The molecular formula is C20H22BrN5O4. The van der Waals surface area contributed by atoms with Crippen LogP contribution in [0.3, 0.4) is 0 Å². The summed E-state index contributed by atoms with van der Waals surface area (Å²) in [7, 11) is 0. The lowest BCUT2D eigenvalue weighted by molar-refractivity contribution is -0.454. The minimum atomic E-state index is -0.491.